The highest BCUT2D eigenvalue weighted by molar-refractivity contribution is 7.98. The van der Waals surface area contributed by atoms with E-state index in [1.54, 1.807) is 18.0 Å². The Hall–Kier alpha value is -3.06. The summed E-state index contributed by atoms with van der Waals surface area (Å²) in [7, 11) is 1.97. The lowest BCUT2D eigenvalue weighted by Crippen LogP contribution is -2.36. The summed E-state index contributed by atoms with van der Waals surface area (Å²) in [5, 5.41) is 3.89. The molecule has 166 valence electrons. The van der Waals surface area contributed by atoms with Crippen LogP contribution >= 0.6 is 11.8 Å². The first-order valence-electron chi connectivity index (χ1n) is 10.9. The van der Waals surface area contributed by atoms with Gasteiger partial charge in [-0.05, 0) is 41.7 Å². The molecule has 1 aliphatic heterocycles. The molecule has 1 aliphatic rings. The number of carbonyl (C=O) groups is 2. The smallest absolute Gasteiger partial charge is 0.251 e. The second-order valence-electron chi connectivity index (χ2n) is 8.00. The standard InChI is InChI=1S/C25H28N4O2S/c1-28-15-13-27-25(28)32-18-19-6-4-9-21(16-19)24(31)26-12-5-10-23(30)29-14-11-20-7-2-3-8-22(20)17-29/h2-4,6-9,13,15-16H,5,10-12,14,17-18H2,1H3,(H,26,31). The third-order valence-corrected chi connectivity index (χ3v) is 6.80. The molecule has 2 amide bonds. The molecule has 32 heavy (non-hydrogen) atoms. The molecule has 3 aromatic rings. The summed E-state index contributed by atoms with van der Waals surface area (Å²) in [6, 6.07) is 16.0. The van der Waals surface area contributed by atoms with Gasteiger partial charge in [0.1, 0.15) is 0 Å². The Morgan fingerprint density at radius 2 is 1.97 bits per heavy atom. The fraction of sp³-hybridized carbons (Fsp3) is 0.320. The van der Waals surface area contributed by atoms with Crippen molar-refractivity contribution in [2.75, 3.05) is 13.1 Å². The Kier molecular flexibility index (Phi) is 7.27. The van der Waals surface area contributed by atoms with Gasteiger partial charge in [0.15, 0.2) is 5.16 Å². The maximum atomic E-state index is 12.6. The topological polar surface area (TPSA) is 67.2 Å². The number of aryl methyl sites for hydroxylation is 1. The first kappa shape index (κ1) is 22.1. The largest absolute Gasteiger partial charge is 0.352 e. The van der Waals surface area contributed by atoms with Crippen molar-refractivity contribution >= 4 is 23.6 Å². The molecule has 0 spiro atoms. The number of thioether (sulfide) groups is 1. The van der Waals surface area contributed by atoms with E-state index in [-0.39, 0.29) is 11.8 Å². The van der Waals surface area contributed by atoms with Gasteiger partial charge in [0, 0.05) is 56.8 Å². The molecule has 6 nitrogen and oxygen atoms in total. The Balaban J connectivity index is 1.20. The van der Waals surface area contributed by atoms with E-state index in [4.69, 9.17) is 0 Å². The van der Waals surface area contributed by atoms with E-state index < -0.39 is 0 Å². The van der Waals surface area contributed by atoms with Gasteiger partial charge in [-0.2, -0.15) is 0 Å². The van der Waals surface area contributed by atoms with Gasteiger partial charge in [0.05, 0.1) is 0 Å². The molecule has 0 atom stereocenters. The summed E-state index contributed by atoms with van der Waals surface area (Å²) >= 11 is 1.64. The molecule has 2 heterocycles. The highest BCUT2D eigenvalue weighted by atomic mass is 32.2. The van der Waals surface area contributed by atoms with Crippen molar-refractivity contribution in [1.29, 1.82) is 0 Å². The number of imidazole rings is 1. The van der Waals surface area contributed by atoms with Gasteiger partial charge in [-0.1, -0.05) is 48.2 Å². The fourth-order valence-electron chi connectivity index (χ4n) is 3.85. The fourth-order valence-corrected chi connectivity index (χ4v) is 4.73. The first-order chi connectivity index (χ1) is 15.6. The third-order valence-electron chi connectivity index (χ3n) is 5.67. The lowest BCUT2D eigenvalue weighted by Gasteiger charge is -2.29. The van der Waals surface area contributed by atoms with Gasteiger partial charge in [-0.3, -0.25) is 9.59 Å². The van der Waals surface area contributed by atoms with E-state index in [9.17, 15) is 9.59 Å². The average molecular weight is 449 g/mol. The number of nitrogens with zero attached hydrogens (tertiary/aromatic N) is 3. The Morgan fingerprint density at radius 1 is 1.12 bits per heavy atom. The van der Waals surface area contributed by atoms with Crippen molar-refractivity contribution in [3.05, 3.63) is 83.2 Å². The zero-order valence-corrected chi connectivity index (χ0v) is 19.1. The number of hydrogen-bond acceptors (Lipinski definition) is 4. The van der Waals surface area contributed by atoms with E-state index in [1.165, 1.54) is 11.1 Å². The highest BCUT2D eigenvalue weighted by Crippen LogP contribution is 2.21. The number of nitrogens with one attached hydrogen (secondary N) is 1. The van der Waals surface area contributed by atoms with E-state index in [0.717, 1.165) is 29.4 Å². The molecule has 1 aromatic heterocycles. The molecule has 0 saturated carbocycles. The summed E-state index contributed by atoms with van der Waals surface area (Å²) in [5.41, 5.74) is 4.29. The second-order valence-corrected chi connectivity index (χ2v) is 8.95. The predicted octanol–water partition coefficient (Wildman–Crippen LogP) is 3.81. The van der Waals surface area contributed by atoms with Crippen LogP contribution in [-0.4, -0.2) is 39.4 Å². The van der Waals surface area contributed by atoms with Gasteiger partial charge >= 0.3 is 0 Å². The van der Waals surface area contributed by atoms with Crippen LogP contribution in [0.4, 0.5) is 0 Å². The van der Waals surface area contributed by atoms with Crippen molar-refractivity contribution in [2.24, 2.45) is 7.05 Å². The van der Waals surface area contributed by atoms with Crippen LogP contribution in [-0.2, 0) is 30.6 Å². The maximum absolute atomic E-state index is 12.6. The SMILES string of the molecule is Cn1ccnc1SCc1cccc(C(=O)NCCCC(=O)N2CCc3ccccc3C2)c1. The molecule has 4 rings (SSSR count). The van der Waals surface area contributed by atoms with E-state index >= 15 is 0 Å². The molecule has 7 heteroatoms. The number of benzene rings is 2. The number of carbonyl (C=O) groups excluding carboxylic acids is 2. The van der Waals surface area contributed by atoms with Crippen molar-refractivity contribution < 1.29 is 9.59 Å². The van der Waals surface area contributed by atoms with Crippen LogP contribution in [0.5, 0.6) is 0 Å². The summed E-state index contributed by atoms with van der Waals surface area (Å²) < 4.78 is 1.98. The molecular formula is C25H28N4O2S. The van der Waals surface area contributed by atoms with Crippen LogP contribution in [0.15, 0.2) is 66.1 Å². The monoisotopic (exact) mass is 448 g/mol. The average Bonchev–Trinajstić information content (AvgIpc) is 3.24. The molecule has 0 aliphatic carbocycles. The molecular weight excluding hydrogens is 420 g/mol. The number of hydrogen-bond donors (Lipinski definition) is 1. The minimum Gasteiger partial charge on any atom is -0.352 e. The van der Waals surface area contributed by atoms with E-state index in [2.05, 4.69) is 22.4 Å². The molecule has 0 bridgehead atoms. The van der Waals surface area contributed by atoms with Crippen molar-refractivity contribution in [3.8, 4) is 0 Å². The van der Waals surface area contributed by atoms with Gasteiger partial charge in [0.25, 0.3) is 5.91 Å². The summed E-state index contributed by atoms with van der Waals surface area (Å²) in [4.78, 5) is 31.3. The van der Waals surface area contributed by atoms with Crippen LogP contribution in [0, 0.1) is 0 Å². The number of aromatic nitrogens is 2. The first-order valence-corrected chi connectivity index (χ1v) is 11.9. The number of amides is 2. The van der Waals surface area contributed by atoms with E-state index in [1.807, 2.05) is 59.1 Å². The number of rotatable bonds is 8. The zero-order chi connectivity index (χ0) is 22.3. The molecule has 0 unspecified atom stereocenters. The number of fused-ring (bicyclic) bond motifs is 1. The molecule has 0 radical (unpaired) electrons. The predicted molar refractivity (Wildman–Crippen MR) is 126 cm³/mol. The van der Waals surface area contributed by atoms with Crippen molar-refractivity contribution in [3.63, 3.8) is 0 Å². The van der Waals surface area contributed by atoms with Gasteiger partial charge in [-0.15, -0.1) is 0 Å². The van der Waals surface area contributed by atoms with Crippen LogP contribution in [0.3, 0.4) is 0 Å². The lowest BCUT2D eigenvalue weighted by atomic mass is 9.99. The molecule has 2 aromatic carbocycles. The summed E-state index contributed by atoms with van der Waals surface area (Å²) in [6.45, 7) is 1.94. The van der Waals surface area contributed by atoms with Gasteiger partial charge in [0.2, 0.25) is 5.91 Å². The zero-order valence-electron chi connectivity index (χ0n) is 18.3. The lowest BCUT2D eigenvalue weighted by molar-refractivity contribution is -0.132. The Morgan fingerprint density at radius 3 is 2.78 bits per heavy atom. The van der Waals surface area contributed by atoms with Crippen LogP contribution in [0.2, 0.25) is 0 Å². The summed E-state index contributed by atoms with van der Waals surface area (Å²) in [5.74, 6) is 0.801. The summed E-state index contributed by atoms with van der Waals surface area (Å²) in [6.07, 6.45) is 5.69. The van der Waals surface area contributed by atoms with Crippen molar-refractivity contribution in [2.45, 2.75) is 36.7 Å². The second kappa shape index (κ2) is 10.5. The molecule has 0 saturated heterocycles. The van der Waals surface area contributed by atoms with E-state index in [0.29, 0.717) is 31.5 Å². The van der Waals surface area contributed by atoms with Gasteiger partial charge < -0.3 is 14.8 Å². The molecule has 0 fully saturated rings. The third kappa shape index (κ3) is 5.59. The van der Waals surface area contributed by atoms with Crippen molar-refractivity contribution in [1.82, 2.24) is 19.8 Å². The Bertz CT molecular complexity index is 1090. The minimum atomic E-state index is -0.104. The quantitative estimate of drug-likeness (QED) is 0.420. The minimum absolute atomic E-state index is 0.104. The van der Waals surface area contributed by atoms with Crippen LogP contribution < -0.4 is 5.32 Å². The maximum Gasteiger partial charge on any atom is 0.251 e. The van der Waals surface area contributed by atoms with Gasteiger partial charge in [-0.25, -0.2) is 4.98 Å². The highest BCUT2D eigenvalue weighted by Gasteiger charge is 2.19. The van der Waals surface area contributed by atoms with Crippen LogP contribution in [0.1, 0.15) is 39.9 Å². The normalized spacial score (nSPS) is 13.0. The Labute approximate surface area is 193 Å². The van der Waals surface area contributed by atoms with Crippen LogP contribution in [0.25, 0.3) is 0 Å². The molecule has 1 N–H and O–H groups in total.